The molecule has 0 radical (unpaired) electrons. The molecule has 4 heteroatoms. The minimum absolute atomic E-state index is 0.0851. The molecule has 0 amide bonds. The third kappa shape index (κ3) is 1.85. The molecule has 2 unspecified atom stereocenters. The van der Waals surface area contributed by atoms with Crippen molar-refractivity contribution in [2.24, 2.45) is 5.92 Å². The fraction of sp³-hybridized carbons (Fsp3) is 1.00. The Hall–Kier alpha value is 0.780. The van der Waals surface area contributed by atoms with Gasteiger partial charge in [0.25, 0.3) is 0 Å². The predicted octanol–water partition coefficient (Wildman–Crippen LogP) is 0.683. The lowest BCUT2D eigenvalue weighted by Crippen LogP contribution is -2.14. The Morgan fingerprint density at radius 2 is 2.33 bits per heavy atom. The average molecular weight is 165 g/mol. The minimum atomic E-state index is -0.0851. The van der Waals surface area contributed by atoms with Crippen molar-refractivity contribution in [3.63, 3.8) is 0 Å². The first-order valence-corrected chi connectivity index (χ1v) is 5.89. The molecule has 1 N–H and O–H groups in total. The van der Waals surface area contributed by atoms with E-state index in [1.165, 1.54) is 0 Å². The van der Waals surface area contributed by atoms with Crippen LogP contribution in [0.1, 0.15) is 6.92 Å². The maximum atomic E-state index is 9.25. The zero-order chi connectivity index (χ0) is 6.85. The summed E-state index contributed by atoms with van der Waals surface area (Å²) in [6.07, 6.45) is -0.0851. The van der Waals surface area contributed by atoms with E-state index in [9.17, 15) is 5.11 Å². The summed E-state index contributed by atoms with van der Waals surface area (Å²) in [5, 5.41) is 9.25. The van der Waals surface area contributed by atoms with Crippen LogP contribution in [0.3, 0.4) is 0 Å². The first-order valence-electron chi connectivity index (χ1n) is 3.13. The van der Waals surface area contributed by atoms with Crippen molar-refractivity contribution in [1.29, 1.82) is 0 Å². The van der Waals surface area contributed by atoms with Gasteiger partial charge in [-0.25, -0.2) is 0 Å². The fourth-order valence-electron chi connectivity index (χ4n) is 1.05. The van der Waals surface area contributed by atoms with Crippen LogP contribution >= 0.6 is 17.3 Å². The quantitative estimate of drug-likeness (QED) is 0.577. The van der Waals surface area contributed by atoms with Gasteiger partial charge in [0.05, 0.1) is 6.10 Å². The molecule has 1 aliphatic rings. The smallest absolute Gasteiger partial charge is 0.0708 e. The molecule has 1 heterocycles. The van der Waals surface area contributed by atoms with Gasteiger partial charge in [-0.2, -0.15) is 0 Å². The Kier molecular flexibility index (Phi) is 2.85. The molecule has 1 fully saturated rings. The summed E-state index contributed by atoms with van der Waals surface area (Å²) < 4.78 is 2.26. The number of hydrogen-bond donors (Lipinski definition) is 1. The minimum Gasteiger partial charge on any atom is -0.391 e. The zero-order valence-electron chi connectivity index (χ0n) is 5.54. The first kappa shape index (κ1) is 7.88. The van der Waals surface area contributed by atoms with Gasteiger partial charge < -0.3 is 5.11 Å². The predicted molar refractivity (Wildman–Crippen MR) is 44.8 cm³/mol. The van der Waals surface area contributed by atoms with E-state index in [2.05, 4.69) is 20.5 Å². The molecule has 2 nitrogen and oxygen atoms in total. The Morgan fingerprint density at radius 3 is 2.56 bits per heavy atom. The summed E-state index contributed by atoms with van der Waals surface area (Å²) in [5.41, 5.74) is 0. The van der Waals surface area contributed by atoms with Crippen LogP contribution in [0.25, 0.3) is 0 Å². The molecule has 0 aromatic carbocycles. The van der Waals surface area contributed by atoms with E-state index in [1.807, 2.05) is 0 Å². The van der Waals surface area contributed by atoms with E-state index in [0.29, 0.717) is 5.92 Å². The number of nitrogens with zero attached hydrogens (tertiary/aromatic N) is 1. The van der Waals surface area contributed by atoms with Gasteiger partial charge in [-0.3, -0.25) is 4.67 Å². The molecule has 1 aliphatic heterocycles. The van der Waals surface area contributed by atoms with Crippen molar-refractivity contribution < 1.29 is 5.11 Å². The molecule has 54 valence electrons. The number of rotatable bonds is 1. The molecule has 0 bridgehead atoms. The maximum absolute atomic E-state index is 9.25. The van der Waals surface area contributed by atoms with E-state index in [-0.39, 0.29) is 6.10 Å². The lowest BCUT2D eigenvalue weighted by atomic mass is 10.1. The molecule has 9 heavy (non-hydrogen) atoms. The van der Waals surface area contributed by atoms with Crippen molar-refractivity contribution in [3.05, 3.63) is 0 Å². The van der Waals surface area contributed by atoms with E-state index < -0.39 is 0 Å². The van der Waals surface area contributed by atoms with Gasteiger partial charge in [0.1, 0.15) is 0 Å². The van der Waals surface area contributed by atoms with Crippen LogP contribution in [0, 0.1) is 5.92 Å². The van der Waals surface area contributed by atoms with Gasteiger partial charge in [0, 0.05) is 13.1 Å². The molecule has 0 aromatic rings. The molecular weight excluding hydrogens is 152 g/mol. The lowest BCUT2D eigenvalue weighted by Gasteiger charge is -2.09. The second kappa shape index (κ2) is 3.25. The maximum Gasteiger partial charge on any atom is 0.0708 e. The highest BCUT2D eigenvalue weighted by Gasteiger charge is 2.26. The van der Waals surface area contributed by atoms with E-state index in [0.717, 1.165) is 21.5 Å². The van der Waals surface area contributed by atoms with Crippen LogP contribution in [0.15, 0.2) is 0 Å². The Bertz CT molecular complexity index is 91.0. The summed E-state index contributed by atoms with van der Waals surface area (Å²) in [5.74, 6) is 0.470. The SMILES string of the molecule is C[C@@H]1CN(PP)C[C@@H]1O. The largest absolute Gasteiger partial charge is 0.391 e. The molecule has 4 atom stereocenters. The number of aliphatic hydroxyl groups is 1. The van der Waals surface area contributed by atoms with Crippen LogP contribution in [0.2, 0.25) is 0 Å². The van der Waals surface area contributed by atoms with Gasteiger partial charge >= 0.3 is 0 Å². The highest BCUT2D eigenvalue weighted by Crippen LogP contribution is 2.32. The highest BCUT2D eigenvalue weighted by molar-refractivity contribution is 8.01. The van der Waals surface area contributed by atoms with E-state index in [4.69, 9.17) is 0 Å². The number of β-amino-alcohol motifs (C(OH)–C–C–N with tert-alkyl or cyclic N) is 1. The second-order valence-electron chi connectivity index (χ2n) is 2.58. The van der Waals surface area contributed by atoms with Crippen LogP contribution in [0.5, 0.6) is 0 Å². The number of aliphatic hydroxyl groups excluding tert-OH is 1. The molecule has 1 rings (SSSR count). The van der Waals surface area contributed by atoms with Crippen molar-refractivity contribution in [3.8, 4) is 0 Å². The highest BCUT2D eigenvalue weighted by atomic mass is 32.0. The van der Waals surface area contributed by atoms with Crippen molar-refractivity contribution in [2.75, 3.05) is 13.1 Å². The third-order valence-corrected chi connectivity index (χ3v) is 3.58. The van der Waals surface area contributed by atoms with Crippen LogP contribution in [-0.4, -0.2) is 29.0 Å². The van der Waals surface area contributed by atoms with Crippen molar-refractivity contribution in [2.45, 2.75) is 13.0 Å². The molecule has 0 spiro atoms. The van der Waals surface area contributed by atoms with Crippen molar-refractivity contribution in [1.82, 2.24) is 4.67 Å². The number of hydrogen-bond acceptors (Lipinski definition) is 2. The monoisotopic (exact) mass is 165 g/mol. The summed E-state index contributed by atoms with van der Waals surface area (Å²) in [6, 6.07) is 0. The first-order chi connectivity index (χ1) is 4.24. The summed E-state index contributed by atoms with van der Waals surface area (Å²) in [4.78, 5) is 0. The Morgan fingerprint density at radius 1 is 1.67 bits per heavy atom. The summed E-state index contributed by atoms with van der Waals surface area (Å²) in [7, 11) is 3.47. The van der Waals surface area contributed by atoms with E-state index >= 15 is 0 Å². The third-order valence-electron chi connectivity index (χ3n) is 1.76. The van der Waals surface area contributed by atoms with Gasteiger partial charge in [0.15, 0.2) is 0 Å². The standard InChI is InChI=1S/C5H13NOP2/c1-4-2-6(9-8)3-5(4)7/h4-5,7,9H,2-3,8H2,1H3/t4-,5+/m1/s1. The normalized spacial score (nSPS) is 39.0. The molecular formula is C5H13NOP2. The van der Waals surface area contributed by atoms with Crippen LogP contribution in [0.4, 0.5) is 0 Å². The average Bonchev–Trinajstić information content (AvgIpc) is 2.13. The van der Waals surface area contributed by atoms with Gasteiger partial charge in [-0.15, -0.1) is 0 Å². The van der Waals surface area contributed by atoms with Crippen molar-refractivity contribution >= 4 is 17.3 Å². The fourth-order valence-corrected chi connectivity index (χ4v) is 2.37. The molecule has 0 aromatic heterocycles. The van der Waals surface area contributed by atoms with Gasteiger partial charge in [-0.1, -0.05) is 15.9 Å². The summed E-state index contributed by atoms with van der Waals surface area (Å²) >= 11 is 0. The van der Waals surface area contributed by atoms with E-state index in [1.54, 1.807) is 0 Å². The van der Waals surface area contributed by atoms with Crippen LogP contribution in [-0.2, 0) is 0 Å². The summed E-state index contributed by atoms with van der Waals surface area (Å²) in [6.45, 7) is 4.02. The lowest BCUT2D eigenvalue weighted by molar-refractivity contribution is 0.154. The second-order valence-corrected chi connectivity index (χ2v) is 4.24. The van der Waals surface area contributed by atoms with Crippen LogP contribution < -0.4 is 0 Å². The topological polar surface area (TPSA) is 23.5 Å². The molecule has 1 saturated heterocycles. The molecule has 0 saturated carbocycles. The van der Waals surface area contributed by atoms with Gasteiger partial charge in [-0.05, 0) is 14.3 Å². The zero-order valence-corrected chi connectivity index (χ0v) is 7.70. The Balaban J connectivity index is 2.35. The van der Waals surface area contributed by atoms with Gasteiger partial charge in [0.2, 0.25) is 0 Å². The molecule has 0 aliphatic carbocycles. The Labute approximate surface area is 59.9 Å².